The van der Waals surface area contributed by atoms with E-state index < -0.39 is 0 Å². The number of nitrogens with zero attached hydrogens (tertiary/aromatic N) is 1. The van der Waals surface area contributed by atoms with Crippen LogP contribution in [-0.4, -0.2) is 19.3 Å². The lowest BCUT2D eigenvalue weighted by Crippen LogP contribution is -2.31. The average molecular weight is 164 g/mol. The predicted molar refractivity (Wildman–Crippen MR) is 53.5 cm³/mol. The molecule has 0 saturated carbocycles. The summed E-state index contributed by atoms with van der Waals surface area (Å²) in [4.78, 5) is 3.62. The number of aliphatic imine (C=N–C) groups is 1. The summed E-state index contributed by atoms with van der Waals surface area (Å²) in [5.41, 5.74) is 0. The molecule has 1 unspecified atom stereocenters. The molecular weight excluding hydrogens is 148 g/mol. The lowest BCUT2D eigenvalue weighted by atomic mass is 10.0. The molecule has 1 aliphatic rings. The summed E-state index contributed by atoms with van der Waals surface area (Å²) >= 11 is 0. The molecule has 1 heterocycles. The molecule has 0 spiro atoms. The summed E-state index contributed by atoms with van der Waals surface area (Å²) in [7, 11) is 0. The summed E-state index contributed by atoms with van der Waals surface area (Å²) in [5, 5.41) is 3.43. The van der Waals surface area contributed by atoms with Crippen LogP contribution in [0.2, 0.25) is 0 Å². The van der Waals surface area contributed by atoms with Crippen LogP contribution in [0.1, 0.15) is 19.3 Å². The molecule has 1 aliphatic heterocycles. The van der Waals surface area contributed by atoms with Gasteiger partial charge in [-0.15, -0.1) is 0 Å². The zero-order valence-electron chi connectivity index (χ0n) is 7.37. The molecule has 2 nitrogen and oxygen atoms in total. The van der Waals surface area contributed by atoms with Gasteiger partial charge in [-0.05, 0) is 32.2 Å². The second-order valence-corrected chi connectivity index (χ2v) is 2.97. The van der Waals surface area contributed by atoms with Gasteiger partial charge in [0.15, 0.2) is 0 Å². The van der Waals surface area contributed by atoms with Crippen molar-refractivity contribution in [3.63, 3.8) is 0 Å². The molecule has 0 aliphatic carbocycles. The minimum atomic E-state index is 0.563. The number of hydrogen-bond donors (Lipinski definition) is 1. The van der Waals surface area contributed by atoms with Gasteiger partial charge >= 0.3 is 0 Å². The van der Waals surface area contributed by atoms with Crippen molar-refractivity contribution in [3.8, 4) is 0 Å². The molecule has 1 rings (SSSR count). The number of hydrogen-bond acceptors (Lipinski definition) is 2. The Hall–Kier alpha value is -0.890. The SMILES string of the molecule is C=N/C=C\C=C\C1CCCCN1. The van der Waals surface area contributed by atoms with Gasteiger partial charge in [0, 0.05) is 12.2 Å². The highest BCUT2D eigenvalue weighted by molar-refractivity contribution is 5.26. The van der Waals surface area contributed by atoms with Crippen molar-refractivity contribution in [2.24, 2.45) is 4.99 Å². The van der Waals surface area contributed by atoms with E-state index in [0.717, 1.165) is 6.54 Å². The van der Waals surface area contributed by atoms with Crippen LogP contribution in [0.25, 0.3) is 0 Å². The zero-order chi connectivity index (χ0) is 8.65. The molecule has 1 fully saturated rings. The van der Waals surface area contributed by atoms with Crippen molar-refractivity contribution in [2.75, 3.05) is 6.54 Å². The topological polar surface area (TPSA) is 24.4 Å². The van der Waals surface area contributed by atoms with Crippen LogP contribution in [0.15, 0.2) is 29.4 Å². The third-order valence-electron chi connectivity index (χ3n) is 1.99. The molecule has 66 valence electrons. The molecule has 1 saturated heterocycles. The molecule has 1 N–H and O–H groups in total. The quantitative estimate of drug-likeness (QED) is 0.500. The molecule has 0 radical (unpaired) electrons. The molecule has 12 heavy (non-hydrogen) atoms. The third kappa shape index (κ3) is 3.49. The standard InChI is InChI=1S/C10H16N2/c1-11-8-4-2-6-10-7-3-5-9-12-10/h2,4,6,8,10,12H,1,3,5,7,9H2/b6-2+,8-4-. The number of allylic oxidation sites excluding steroid dienone is 2. The molecule has 0 aromatic heterocycles. The van der Waals surface area contributed by atoms with Crippen molar-refractivity contribution in [1.82, 2.24) is 5.32 Å². The fraction of sp³-hybridized carbons (Fsp3) is 0.500. The van der Waals surface area contributed by atoms with Crippen LogP contribution in [0.3, 0.4) is 0 Å². The Labute approximate surface area is 74.1 Å². The van der Waals surface area contributed by atoms with Crippen molar-refractivity contribution >= 4 is 6.72 Å². The normalized spacial score (nSPS) is 25.2. The maximum Gasteiger partial charge on any atom is 0.0260 e. The number of rotatable bonds is 3. The highest BCUT2D eigenvalue weighted by Gasteiger charge is 2.07. The molecule has 1 atom stereocenters. The van der Waals surface area contributed by atoms with E-state index in [0.29, 0.717) is 6.04 Å². The van der Waals surface area contributed by atoms with Crippen LogP contribution in [0, 0.1) is 0 Å². The van der Waals surface area contributed by atoms with Crippen LogP contribution in [0.4, 0.5) is 0 Å². The number of nitrogens with one attached hydrogen (secondary N) is 1. The first kappa shape index (κ1) is 9.20. The molecule has 0 amide bonds. The Morgan fingerprint density at radius 1 is 1.33 bits per heavy atom. The lowest BCUT2D eigenvalue weighted by Gasteiger charge is -2.19. The minimum Gasteiger partial charge on any atom is -0.311 e. The van der Waals surface area contributed by atoms with Crippen LogP contribution in [-0.2, 0) is 0 Å². The maximum absolute atomic E-state index is 3.62. The minimum absolute atomic E-state index is 0.563. The molecule has 0 bridgehead atoms. The first-order valence-corrected chi connectivity index (χ1v) is 4.46. The van der Waals surface area contributed by atoms with Gasteiger partial charge < -0.3 is 5.32 Å². The van der Waals surface area contributed by atoms with Crippen LogP contribution in [0.5, 0.6) is 0 Å². The third-order valence-corrected chi connectivity index (χ3v) is 1.99. The summed E-state index contributed by atoms with van der Waals surface area (Å²) < 4.78 is 0. The summed E-state index contributed by atoms with van der Waals surface area (Å²) in [6, 6.07) is 0.563. The van der Waals surface area contributed by atoms with Gasteiger partial charge in [0.05, 0.1) is 0 Å². The Morgan fingerprint density at radius 3 is 2.92 bits per heavy atom. The van der Waals surface area contributed by atoms with E-state index in [1.807, 2.05) is 12.2 Å². The van der Waals surface area contributed by atoms with Crippen molar-refractivity contribution < 1.29 is 0 Å². The second kappa shape index (κ2) is 5.72. The molecule has 2 heteroatoms. The largest absolute Gasteiger partial charge is 0.311 e. The fourth-order valence-corrected chi connectivity index (χ4v) is 1.35. The van der Waals surface area contributed by atoms with Crippen molar-refractivity contribution in [2.45, 2.75) is 25.3 Å². The average Bonchev–Trinajstić information content (AvgIpc) is 2.14. The van der Waals surface area contributed by atoms with E-state index in [2.05, 4.69) is 23.1 Å². The van der Waals surface area contributed by atoms with Crippen molar-refractivity contribution in [1.29, 1.82) is 0 Å². The van der Waals surface area contributed by atoms with E-state index in [1.165, 1.54) is 19.3 Å². The smallest absolute Gasteiger partial charge is 0.0260 e. The summed E-state index contributed by atoms with van der Waals surface area (Å²) in [6.45, 7) is 4.51. The Kier molecular flexibility index (Phi) is 4.39. The zero-order valence-corrected chi connectivity index (χ0v) is 7.37. The van der Waals surface area contributed by atoms with Gasteiger partial charge in [-0.25, -0.2) is 0 Å². The first-order valence-electron chi connectivity index (χ1n) is 4.46. The van der Waals surface area contributed by atoms with E-state index in [4.69, 9.17) is 0 Å². The monoisotopic (exact) mass is 164 g/mol. The van der Waals surface area contributed by atoms with Crippen LogP contribution < -0.4 is 5.32 Å². The predicted octanol–water partition coefficient (Wildman–Crippen LogP) is 1.90. The van der Waals surface area contributed by atoms with E-state index >= 15 is 0 Å². The highest BCUT2D eigenvalue weighted by atomic mass is 14.9. The van der Waals surface area contributed by atoms with E-state index in [1.54, 1.807) is 6.20 Å². The molecule has 0 aromatic carbocycles. The van der Waals surface area contributed by atoms with Gasteiger partial charge in [-0.2, -0.15) is 0 Å². The summed E-state index contributed by atoms with van der Waals surface area (Å²) in [6.07, 6.45) is 11.7. The number of piperidine rings is 1. The van der Waals surface area contributed by atoms with E-state index in [-0.39, 0.29) is 0 Å². The van der Waals surface area contributed by atoms with E-state index in [9.17, 15) is 0 Å². The first-order chi connectivity index (χ1) is 5.93. The maximum atomic E-state index is 3.62. The molecule has 0 aromatic rings. The van der Waals surface area contributed by atoms with Crippen molar-refractivity contribution in [3.05, 3.63) is 24.4 Å². The van der Waals surface area contributed by atoms with Gasteiger partial charge in [0.25, 0.3) is 0 Å². The lowest BCUT2D eigenvalue weighted by molar-refractivity contribution is 0.454. The molecular formula is C10H16N2. The Balaban J connectivity index is 2.23. The Morgan fingerprint density at radius 2 is 2.25 bits per heavy atom. The Bertz CT molecular complexity index is 176. The summed E-state index contributed by atoms with van der Waals surface area (Å²) in [5.74, 6) is 0. The van der Waals surface area contributed by atoms with Gasteiger partial charge in [0.1, 0.15) is 0 Å². The highest BCUT2D eigenvalue weighted by Crippen LogP contribution is 2.07. The van der Waals surface area contributed by atoms with Crippen LogP contribution >= 0.6 is 0 Å². The second-order valence-electron chi connectivity index (χ2n) is 2.97. The van der Waals surface area contributed by atoms with Gasteiger partial charge in [-0.3, -0.25) is 4.99 Å². The van der Waals surface area contributed by atoms with Gasteiger partial charge in [0.2, 0.25) is 0 Å². The fourth-order valence-electron chi connectivity index (χ4n) is 1.35. The van der Waals surface area contributed by atoms with Gasteiger partial charge in [-0.1, -0.05) is 18.6 Å².